The van der Waals surface area contributed by atoms with Gasteiger partial charge in [0.05, 0.1) is 7.11 Å². The van der Waals surface area contributed by atoms with Crippen molar-refractivity contribution in [2.45, 2.75) is 19.9 Å². The van der Waals surface area contributed by atoms with E-state index in [0.717, 1.165) is 41.7 Å². The predicted molar refractivity (Wildman–Crippen MR) is 93.2 cm³/mol. The Bertz CT molecular complexity index is 800. The van der Waals surface area contributed by atoms with E-state index < -0.39 is 0 Å². The number of ether oxygens (including phenoxy) is 1. The van der Waals surface area contributed by atoms with Gasteiger partial charge >= 0.3 is 0 Å². The number of fused-ring (bicyclic) bond motifs is 1. The van der Waals surface area contributed by atoms with Crippen molar-refractivity contribution in [1.82, 2.24) is 15.2 Å². The van der Waals surface area contributed by atoms with Gasteiger partial charge in [-0.2, -0.15) is 0 Å². The average molecular weight is 329 g/mol. The smallest absolute Gasteiger partial charge is 0.252 e. The van der Waals surface area contributed by atoms with E-state index in [4.69, 9.17) is 4.74 Å². The Kier molecular flexibility index (Phi) is 4.85. The van der Waals surface area contributed by atoms with Crippen molar-refractivity contribution < 1.29 is 9.53 Å². The fourth-order valence-corrected chi connectivity index (χ4v) is 3.23. The molecular formula is C18H23N3O3. The number of carbonyl (C=O) groups is 1. The third-order valence-corrected chi connectivity index (χ3v) is 4.53. The molecule has 1 saturated heterocycles. The molecule has 0 aliphatic carbocycles. The highest BCUT2D eigenvalue weighted by Crippen LogP contribution is 2.21. The molecule has 1 fully saturated rings. The van der Waals surface area contributed by atoms with Gasteiger partial charge in [0.2, 0.25) is 5.91 Å². The van der Waals surface area contributed by atoms with Gasteiger partial charge in [-0.05, 0) is 43.1 Å². The number of rotatable bonds is 5. The van der Waals surface area contributed by atoms with Crippen molar-refractivity contribution in [3.8, 4) is 5.75 Å². The van der Waals surface area contributed by atoms with Crippen molar-refractivity contribution >= 4 is 16.8 Å². The number of methoxy groups -OCH3 is 1. The Hall–Kier alpha value is -2.34. The van der Waals surface area contributed by atoms with Gasteiger partial charge < -0.3 is 15.0 Å². The maximum absolute atomic E-state index is 12.3. The zero-order chi connectivity index (χ0) is 17.1. The van der Waals surface area contributed by atoms with Crippen LogP contribution in [0.5, 0.6) is 5.75 Å². The van der Waals surface area contributed by atoms with Gasteiger partial charge in [-0.1, -0.05) is 0 Å². The Morgan fingerprint density at radius 3 is 3.00 bits per heavy atom. The third-order valence-electron chi connectivity index (χ3n) is 4.53. The second kappa shape index (κ2) is 7.05. The number of nitrogens with zero attached hydrogens (tertiary/aromatic N) is 1. The quantitative estimate of drug-likeness (QED) is 0.872. The largest absolute Gasteiger partial charge is 0.497 e. The second-order valence-corrected chi connectivity index (χ2v) is 6.40. The summed E-state index contributed by atoms with van der Waals surface area (Å²) in [4.78, 5) is 28.5. The molecule has 1 aromatic heterocycles. The highest BCUT2D eigenvalue weighted by Gasteiger charge is 2.23. The topological polar surface area (TPSA) is 74.4 Å². The SMILES string of the molecule is COc1ccc2[nH]c(=O)c(CN3CC[C@@H](CNC(C)=O)C3)cc2c1. The normalized spacial score (nSPS) is 18.0. The molecule has 1 aromatic carbocycles. The minimum atomic E-state index is -0.0435. The van der Waals surface area contributed by atoms with Crippen LogP contribution < -0.4 is 15.6 Å². The van der Waals surface area contributed by atoms with Gasteiger partial charge in [-0.25, -0.2) is 0 Å². The van der Waals surface area contributed by atoms with E-state index in [-0.39, 0.29) is 11.5 Å². The van der Waals surface area contributed by atoms with Crippen LogP contribution >= 0.6 is 0 Å². The van der Waals surface area contributed by atoms with Crippen molar-refractivity contribution in [3.63, 3.8) is 0 Å². The molecule has 128 valence electrons. The summed E-state index contributed by atoms with van der Waals surface area (Å²) in [6.45, 7) is 4.71. The van der Waals surface area contributed by atoms with E-state index in [1.807, 2.05) is 24.3 Å². The molecule has 0 bridgehead atoms. The van der Waals surface area contributed by atoms with Gasteiger partial charge in [0.1, 0.15) is 5.75 Å². The second-order valence-electron chi connectivity index (χ2n) is 6.40. The highest BCUT2D eigenvalue weighted by atomic mass is 16.5. The van der Waals surface area contributed by atoms with Crippen LogP contribution in [0.1, 0.15) is 18.9 Å². The molecule has 0 unspecified atom stereocenters. The van der Waals surface area contributed by atoms with E-state index >= 15 is 0 Å². The van der Waals surface area contributed by atoms with Crippen LogP contribution in [0.4, 0.5) is 0 Å². The summed E-state index contributed by atoms with van der Waals surface area (Å²) >= 11 is 0. The van der Waals surface area contributed by atoms with Gasteiger partial charge in [0.25, 0.3) is 5.56 Å². The molecule has 6 heteroatoms. The van der Waals surface area contributed by atoms with E-state index in [1.165, 1.54) is 6.92 Å². The van der Waals surface area contributed by atoms with E-state index in [9.17, 15) is 9.59 Å². The number of carbonyl (C=O) groups excluding carboxylic acids is 1. The lowest BCUT2D eigenvalue weighted by Gasteiger charge is -2.16. The lowest BCUT2D eigenvalue weighted by molar-refractivity contribution is -0.119. The molecular weight excluding hydrogens is 306 g/mol. The first-order valence-corrected chi connectivity index (χ1v) is 8.22. The molecule has 0 radical (unpaired) electrons. The average Bonchev–Trinajstić information content (AvgIpc) is 3.01. The number of pyridine rings is 1. The molecule has 0 saturated carbocycles. The zero-order valence-corrected chi connectivity index (χ0v) is 14.1. The van der Waals surface area contributed by atoms with E-state index in [1.54, 1.807) is 7.11 Å². The Labute approximate surface area is 140 Å². The van der Waals surface area contributed by atoms with Gasteiger partial charge in [-0.3, -0.25) is 14.5 Å². The molecule has 3 rings (SSSR count). The zero-order valence-electron chi connectivity index (χ0n) is 14.1. The summed E-state index contributed by atoms with van der Waals surface area (Å²) in [6.07, 6.45) is 1.04. The molecule has 2 N–H and O–H groups in total. The van der Waals surface area contributed by atoms with Crippen LogP contribution in [0.3, 0.4) is 0 Å². The summed E-state index contributed by atoms with van der Waals surface area (Å²) in [5.41, 5.74) is 1.53. The Balaban J connectivity index is 1.72. The Morgan fingerprint density at radius 1 is 1.42 bits per heavy atom. The monoisotopic (exact) mass is 329 g/mol. The Morgan fingerprint density at radius 2 is 2.25 bits per heavy atom. The fraction of sp³-hybridized carbons (Fsp3) is 0.444. The number of likely N-dealkylation sites (tertiary alicyclic amines) is 1. The minimum Gasteiger partial charge on any atom is -0.497 e. The van der Waals surface area contributed by atoms with Crippen LogP contribution in [0.25, 0.3) is 10.9 Å². The summed E-state index contributed by atoms with van der Waals surface area (Å²) in [6, 6.07) is 7.57. The molecule has 0 spiro atoms. The van der Waals surface area contributed by atoms with Crippen LogP contribution in [-0.4, -0.2) is 42.5 Å². The molecule has 2 heterocycles. The number of aromatic amines is 1. The number of hydrogen-bond donors (Lipinski definition) is 2. The minimum absolute atomic E-state index is 0.00775. The van der Waals surface area contributed by atoms with Crippen LogP contribution in [0, 0.1) is 5.92 Å². The lowest BCUT2D eigenvalue weighted by Crippen LogP contribution is -2.30. The van der Waals surface area contributed by atoms with Crippen LogP contribution in [0.2, 0.25) is 0 Å². The maximum atomic E-state index is 12.3. The summed E-state index contributed by atoms with van der Waals surface area (Å²) < 4.78 is 5.25. The lowest BCUT2D eigenvalue weighted by atomic mass is 10.1. The van der Waals surface area contributed by atoms with Crippen LogP contribution in [0.15, 0.2) is 29.1 Å². The predicted octanol–water partition coefficient (Wildman–Crippen LogP) is 1.49. The van der Waals surface area contributed by atoms with Gasteiger partial charge in [-0.15, -0.1) is 0 Å². The molecule has 24 heavy (non-hydrogen) atoms. The molecule has 1 atom stereocenters. The van der Waals surface area contributed by atoms with Crippen molar-refractivity contribution in [3.05, 3.63) is 40.2 Å². The number of nitrogens with one attached hydrogen (secondary N) is 2. The fourth-order valence-electron chi connectivity index (χ4n) is 3.23. The van der Waals surface area contributed by atoms with Gasteiger partial charge in [0.15, 0.2) is 0 Å². The molecule has 2 aromatic rings. The van der Waals surface area contributed by atoms with Crippen molar-refractivity contribution in [2.75, 3.05) is 26.7 Å². The number of aromatic nitrogens is 1. The molecule has 6 nitrogen and oxygen atoms in total. The molecule has 1 aliphatic heterocycles. The standard InChI is InChI=1S/C18H23N3O3/c1-12(22)19-9-13-5-6-21(10-13)11-15-7-14-8-16(24-2)3-4-17(14)20-18(15)23/h3-4,7-8,13H,5-6,9-11H2,1-2H3,(H,19,22)(H,20,23)/t13-/m0/s1. The molecule has 1 amide bonds. The summed E-state index contributed by atoms with van der Waals surface area (Å²) in [5.74, 6) is 1.24. The third kappa shape index (κ3) is 3.76. The number of H-pyrrole nitrogens is 1. The van der Waals surface area contributed by atoms with E-state index in [0.29, 0.717) is 19.0 Å². The van der Waals surface area contributed by atoms with E-state index in [2.05, 4.69) is 15.2 Å². The first kappa shape index (κ1) is 16.5. The van der Waals surface area contributed by atoms with Crippen LogP contribution in [-0.2, 0) is 11.3 Å². The van der Waals surface area contributed by atoms with Crippen molar-refractivity contribution in [1.29, 1.82) is 0 Å². The highest BCUT2D eigenvalue weighted by molar-refractivity contribution is 5.80. The first-order valence-electron chi connectivity index (χ1n) is 8.22. The van der Waals surface area contributed by atoms with Crippen molar-refractivity contribution in [2.24, 2.45) is 5.92 Å². The number of amides is 1. The molecule has 1 aliphatic rings. The first-order chi connectivity index (χ1) is 11.5. The number of hydrogen-bond acceptors (Lipinski definition) is 4. The summed E-state index contributed by atoms with van der Waals surface area (Å²) in [5, 5.41) is 3.84. The van der Waals surface area contributed by atoms with Gasteiger partial charge in [0, 0.05) is 43.0 Å². The summed E-state index contributed by atoms with van der Waals surface area (Å²) in [7, 11) is 1.63. The maximum Gasteiger partial charge on any atom is 0.252 e. The number of benzene rings is 1.